The number of nitrogens with zero attached hydrogens (tertiary/aromatic N) is 2. The van der Waals surface area contributed by atoms with Gasteiger partial charge in [0.05, 0.1) is 29.6 Å². The van der Waals surface area contributed by atoms with Crippen LogP contribution in [0.25, 0.3) is 0 Å². The van der Waals surface area contributed by atoms with Crippen molar-refractivity contribution in [3.63, 3.8) is 0 Å². The van der Waals surface area contributed by atoms with E-state index in [1.165, 1.54) is 6.20 Å². The van der Waals surface area contributed by atoms with Gasteiger partial charge in [0.2, 0.25) is 0 Å². The number of nitrogens with one attached hydrogen (secondary N) is 2. The normalized spacial score (nSPS) is 22.9. The van der Waals surface area contributed by atoms with Crippen molar-refractivity contribution in [2.24, 2.45) is 5.92 Å². The minimum atomic E-state index is -0.267. The van der Waals surface area contributed by atoms with Gasteiger partial charge in [-0.3, -0.25) is 14.9 Å². The maximum Gasteiger partial charge on any atom is 0.255 e. The van der Waals surface area contributed by atoms with Crippen LogP contribution in [0.4, 0.5) is 0 Å². The van der Waals surface area contributed by atoms with Gasteiger partial charge < -0.3 is 10.4 Å². The van der Waals surface area contributed by atoms with Gasteiger partial charge in [0.15, 0.2) is 0 Å². The van der Waals surface area contributed by atoms with E-state index in [2.05, 4.69) is 20.5 Å². The van der Waals surface area contributed by atoms with Crippen molar-refractivity contribution in [2.45, 2.75) is 25.0 Å². The van der Waals surface area contributed by atoms with Crippen molar-refractivity contribution in [1.29, 1.82) is 0 Å². The lowest BCUT2D eigenvalue weighted by molar-refractivity contribution is 0.0228. The third-order valence-electron chi connectivity index (χ3n) is 3.67. The number of rotatable bonds is 4. The molecule has 1 atom stereocenters. The van der Waals surface area contributed by atoms with Gasteiger partial charge in [-0.1, -0.05) is 6.07 Å². The summed E-state index contributed by atoms with van der Waals surface area (Å²) >= 11 is 0. The van der Waals surface area contributed by atoms with E-state index in [0.29, 0.717) is 18.4 Å². The number of H-pyrrole nitrogens is 1. The smallest absolute Gasteiger partial charge is 0.255 e. The molecule has 1 saturated carbocycles. The van der Waals surface area contributed by atoms with E-state index in [4.69, 9.17) is 0 Å². The minimum Gasteiger partial charge on any atom is -0.393 e. The summed E-state index contributed by atoms with van der Waals surface area (Å²) in [6, 6.07) is 5.45. The molecule has 104 valence electrons. The molecule has 3 N–H and O–H groups in total. The molecule has 6 nitrogen and oxygen atoms in total. The van der Waals surface area contributed by atoms with Crippen LogP contribution in [-0.2, 0) is 0 Å². The van der Waals surface area contributed by atoms with Crippen LogP contribution < -0.4 is 5.32 Å². The highest BCUT2D eigenvalue weighted by atomic mass is 16.3. The van der Waals surface area contributed by atoms with Gasteiger partial charge in [-0.2, -0.15) is 5.10 Å². The predicted molar refractivity (Wildman–Crippen MR) is 71.8 cm³/mol. The fourth-order valence-corrected chi connectivity index (χ4v) is 2.49. The lowest BCUT2D eigenvalue weighted by Gasteiger charge is -2.37. The molecule has 1 aliphatic carbocycles. The molecule has 1 aliphatic rings. The van der Waals surface area contributed by atoms with E-state index in [9.17, 15) is 9.90 Å². The maximum absolute atomic E-state index is 12.2. The van der Waals surface area contributed by atoms with Gasteiger partial charge in [0, 0.05) is 12.4 Å². The number of aliphatic hydroxyl groups excluding tert-OH is 1. The topological polar surface area (TPSA) is 90.9 Å². The Bertz CT molecular complexity index is 564. The molecule has 0 bridgehead atoms. The number of aromatic nitrogens is 3. The summed E-state index contributed by atoms with van der Waals surface area (Å²) < 4.78 is 0. The molecule has 0 aromatic carbocycles. The molecule has 1 unspecified atom stereocenters. The molecule has 2 heterocycles. The monoisotopic (exact) mass is 272 g/mol. The standard InChI is InChI=1S/C14H16N4O2/c19-11-5-9(6-11)13(12-3-1-2-4-15-12)18-14(20)10-7-16-17-8-10/h1-4,7-9,11,13,19H,5-6H2,(H,16,17)(H,18,20). The zero-order valence-corrected chi connectivity index (χ0v) is 10.9. The van der Waals surface area contributed by atoms with Crippen LogP contribution in [0.5, 0.6) is 0 Å². The van der Waals surface area contributed by atoms with Gasteiger partial charge >= 0.3 is 0 Å². The Morgan fingerprint density at radius 3 is 2.90 bits per heavy atom. The quantitative estimate of drug-likeness (QED) is 0.775. The van der Waals surface area contributed by atoms with Crippen LogP contribution >= 0.6 is 0 Å². The highest BCUT2D eigenvalue weighted by molar-refractivity contribution is 5.93. The average molecular weight is 272 g/mol. The summed E-state index contributed by atoms with van der Waals surface area (Å²) in [5.41, 5.74) is 1.31. The van der Waals surface area contributed by atoms with E-state index in [0.717, 1.165) is 5.69 Å². The molecule has 20 heavy (non-hydrogen) atoms. The second kappa shape index (κ2) is 5.42. The molecule has 1 fully saturated rings. The molecule has 2 aromatic rings. The summed E-state index contributed by atoms with van der Waals surface area (Å²) in [6.07, 6.45) is 5.86. The summed E-state index contributed by atoms with van der Waals surface area (Å²) in [7, 11) is 0. The third-order valence-corrected chi connectivity index (χ3v) is 3.67. The van der Waals surface area contributed by atoms with Crippen molar-refractivity contribution in [3.8, 4) is 0 Å². The van der Waals surface area contributed by atoms with E-state index in [1.54, 1.807) is 12.4 Å². The SMILES string of the molecule is O=C(NC(c1ccccn1)C1CC(O)C1)c1cn[nH]c1. The first-order valence-electron chi connectivity index (χ1n) is 6.62. The van der Waals surface area contributed by atoms with Gasteiger partial charge in [-0.05, 0) is 30.9 Å². The zero-order valence-electron chi connectivity index (χ0n) is 10.9. The number of carbonyl (C=O) groups is 1. The highest BCUT2D eigenvalue weighted by Gasteiger charge is 2.36. The van der Waals surface area contributed by atoms with Crippen LogP contribution in [0.15, 0.2) is 36.8 Å². The van der Waals surface area contributed by atoms with E-state index < -0.39 is 0 Å². The van der Waals surface area contributed by atoms with Crippen molar-refractivity contribution in [1.82, 2.24) is 20.5 Å². The second-order valence-electron chi connectivity index (χ2n) is 5.08. The van der Waals surface area contributed by atoms with Gasteiger partial charge in [-0.25, -0.2) is 0 Å². The second-order valence-corrected chi connectivity index (χ2v) is 5.08. The number of aliphatic hydroxyl groups is 1. The van der Waals surface area contributed by atoms with Crippen LogP contribution in [0.2, 0.25) is 0 Å². The summed E-state index contributed by atoms with van der Waals surface area (Å²) in [5, 5.41) is 18.9. The Morgan fingerprint density at radius 2 is 2.30 bits per heavy atom. The van der Waals surface area contributed by atoms with Gasteiger partial charge in [0.25, 0.3) is 5.91 Å². The first-order chi connectivity index (χ1) is 9.74. The van der Waals surface area contributed by atoms with Crippen LogP contribution in [0, 0.1) is 5.92 Å². The van der Waals surface area contributed by atoms with Crippen molar-refractivity contribution >= 4 is 5.91 Å². The molecule has 0 radical (unpaired) electrons. The fourth-order valence-electron chi connectivity index (χ4n) is 2.49. The van der Waals surface area contributed by atoms with Crippen LogP contribution in [-0.4, -0.2) is 32.3 Å². The van der Waals surface area contributed by atoms with Crippen molar-refractivity contribution in [2.75, 3.05) is 0 Å². The molecular weight excluding hydrogens is 256 g/mol. The molecule has 1 amide bonds. The molecule has 0 aliphatic heterocycles. The maximum atomic E-state index is 12.2. The summed E-state index contributed by atoms with van der Waals surface area (Å²) in [4.78, 5) is 16.5. The van der Waals surface area contributed by atoms with E-state index in [-0.39, 0.29) is 24.0 Å². The van der Waals surface area contributed by atoms with Crippen LogP contribution in [0.1, 0.15) is 34.9 Å². The zero-order chi connectivity index (χ0) is 13.9. The van der Waals surface area contributed by atoms with Gasteiger partial charge in [-0.15, -0.1) is 0 Å². The largest absolute Gasteiger partial charge is 0.393 e. The number of carbonyl (C=O) groups excluding carboxylic acids is 1. The summed E-state index contributed by atoms with van der Waals surface area (Å²) in [5.74, 6) is 0.0338. The summed E-state index contributed by atoms with van der Waals surface area (Å²) in [6.45, 7) is 0. The number of hydrogen-bond donors (Lipinski definition) is 3. The molecule has 6 heteroatoms. The molecule has 0 spiro atoms. The molecule has 2 aromatic heterocycles. The lowest BCUT2D eigenvalue weighted by atomic mass is 9.76. The Balaban J connectivity index is 1.78. The number of amides is 1. The Hall–Kier alpha value is -2.21. The average Bonchev–Trinajstić information content (AvgIpc) is 2.97. The fraction of sp³-hybridized carbons (Fsp3) is 0.357. The third kappa shape index (κ3) is 2.55. The van der Waals surface area contributed by atoms with Crippen LogP contribution in [0.3, 0.4) is 0 Å². The van der Waals surface area contributed by atoms with E-state index in [1.807, 2.05) is 18.2 Å². The molecular formula is C14H16N4O2. The van der Waals surface area contributed by atoms with Crippen molar-refractivity contribution in [3.05, 3.63) is 48.0 Å². The molecule has 0 saturated heterocycles. The number of hydrogen-bond acceptors (Lipinski definition) is 4. The van der Waals surface area contributed by atoms with Crippen molar-refractivity contribution < 1.29 is 9.90 Å². The Morgan fingerprint density at radius 1 is 1.45 bits per heavy atom. The first-order valence-corrected chi connectivity index (χ1v) is 6.62. The molecule has 3 rings (SSSR count). The Kier molecular flexibility index (Phi) is 3.47. The Labute approximate surface area is 116 Å². The lowest BCUT2D eigenvalue weighted by Crippen LogP contribution is -2.41. The predicted octanol–water partition coefficient (Wildman–Crippen LogP) is 1.05. The van der Waals surface area contributed by atoms with Gasteiger partial charge in [0.1, 0.15) is 0 Å². The number of aromatic amines is 1. The first kappa shape index (κ1) is 12.8. The van der Waals surface area contributed by atoms with E-state index >= 15 is 0 Å². The minimum absolute atomic E-state index is 0.179. The highest BCUT2D eigenvalue weighted by Crippen LogP contribution is 2.37. The number of pyridine rings is 1.